The van der Waals surface area contributed by atoms with Crippen LogP contribution in [0.15, 0.2) is 18.2 Å². The maximum Gasteiger partial charge on any atom is 0.497 e. The topological polar surface area (TPSA) is 42.2 Å². The standard InChI is InChI=1S/C13H15BFNO2/c1-9-7-13(2,3)18-14(17-9)11-6-10(8-16)4-5-12(11)15/h4-6,9H,7H2,1-3H3. The Bertz CT molecular complexity index is 498. The van der Waals surface area contributed by atoms with Crippen LogP contribution in [0.3, 0.4) is 0 Å². The van der Waals surface area contributed by atoms with E-state index in [4.69, 9.17) is 14.6 Å². The molecule has 1 saturated heterocycles. The van der Waals surface area contributed by atoms with Crippen molar-refractivity contribution in [3.8, 4) is 6.07 Å². The fraction of sp³-hybridized carbons (Fsp3) is 0.462. The molecule has 0 aromatic heterocycles. The molecule has 0 aliphatic carbocycles. The third kappa shape index (κ3) is 2.71. The number of hydrogen-bond acceptors (Lipinski definition) is 3. The lowest BCUT2D eigenvalue weighted by atomic mass is 9.74. The minimum atomic E-state index is -0.753. The van der Waals surface area contributed by atoms with Crippen molar-refractivity contribution in [3.05, 3.63) is 29.6 Å². The molecule has 0 amide bonds. The van der Waals surface area contributed by atoms with E-state index in [0.717, 1.165) is 6.42 Å². The van der Waals surface area contributed by atoms with Crippen LogP contribution in [0.5, 0.6) is 0 Å². The third-order valence-electron chi connectivity index (χ3n) is 2.94. The lowest BCUT2D eigenvalue weighted by Gasteiger charge is -2.38. The van der Waals surface area contributed by atoms with Gasteiger partial charge < -0.3 is 9.31 Å². The van der Waals surface area contributed by atoms with Crippen molar-refractivity contribution in [2.24, 2.45) is 0 Å². The smallest absolute Gasteiger partial charge is 0.405 e. The molecule has 1 aliphatic heterocycles. The highest BCUT2D eigenvalue weighted by Crippen LogP contribution is 2.25. The van der Waals surface area contributed by atoms with Crippen LogP contribution in [0.25, 0.3) is 0 Å². The molecular formula is C13H15BFNO2. The van der Waals surface area contributed by atoms with Crippen LogP contribution in [0, 0.1) is 17.1 Å². The van der Waals surface area contributed by atoms with Gasteiger partial charge in [0.25, 0.3) is 0 Å². The largest absolute Gasteiger partial charge is 0.497 e. The molecule has 0 bridgehead atoms. The molecular weight excluding hydrogens is 232 g/mol. The molecule has 2 rings (SSSR count). The number of benzene rings is 1. The SMILES string of the molecule is CC1CC(C)(C)OB(c2cc(C#N)ccc2F)O1. The molecule has 94 valence electrons. The quantitative estimate of drug-likeness (QED) is 0.712. The van der Waals surface area contributed by atoms with Gasteiger partial charge in [-0.25, -0.2) is 4.39 Å². The molecule has 1 fully saturated rings. The van der Waals surface area contributed by atoms with Gasteiger partial charge in [-0.15, -0.1) is 0 Å². The predicted octanol–water partition coefficient (Wildman–Crippen LogP) is 2.00. The van der Waals surface area contributed by atoms with Crippen molar-refractivity contribution >= 4 is 12.6 Å². The zero-order chi connectivity index (χ0) is 13.3. The van der Waals surface area contributed by atoms with E-state index in [2.05, 4.69) is 0 Å². The van der Waals surface area contributed by atoms with Crippen molar-refractivity contribution in [2.75, 3.05) is 0 Å². The second-order valence-electron chi connectivity index (χ2n) is 5.21. The molecule has 0 spiro atoms. The summed E-state index contributed by atoms with van der Waals surface area (Å²) in [4.78, 5) is 0. The van der Waals surface area contributed by atoms with Crippen molar-refractivity contribution < 1.29 is 13.7 Å². The highest BCUT2D eigenvalue weighted by Gasteiger charge is 2.39. The Hall–Kier alpha value is -1.38. The van der Waals surface area contributed by atoms with Crippen molar-refractivity contribution in [2.45, 2.75) is 38.9 Å². The Labute approximate surface area is 107 Å². The van der Waals surface area contributed by atoms with Gasteiger partial charge in [-0.3, -0.25) is 0 Å². The Morgan fingerprint density at radius 3 is 2.83 bits per heavy atom. The van der Waals surface area contributed by atoms with Crippen LogP contribution in [0.4, 0.5) is 4.39 Å². The number of nitriles is 1. The van der Waals surface area contributed by atoms with Crippen molar-refractivity contribution in [1.82, 2.24) is 0 Å². The van der Waals surface area contributed by atoms with Crippen LogP contribution in [0.1, 0.15) is 32.8 Å². The van der Waals surface area contributed by atoms with Gasteiger partial charge in [0.2, 0.25) is 0 Å². The predicted molar refractivity (Wildman–Crippen MR) is 66.8 cm³/mol. The van der Waals surface area contributed by atoms with Gasteiger partial charge in [-0.1, -0.05) is 0 Å². The molecule has 1 unspecified atom stereocenters. The van der Waals surface area contributed by atoms with Crippen LogP contribution in [0.2, 0.25) is 0 Å². The number of hydrogen-bond donors (Lipinski definition) is 0. The monoisotopic (exact) mass is 247 g/mol. The molecule has 1 aliphatic rings. The first-order valence-electron chi connectivity index (χ1n) is 5.94. The van der Waals surface area contributed by atoms with Gasteiger partial charge in [-0.05, 0) is 45.4 Å². The molecule has 0 radical (unpaired) electrons. The number of halogens is 1. The number of rotatable bonds is 1. The van der Waals surface area contributed by atoms with E-state index in [1.807, 2.05) is 26.8 Å². The van der Waals surface area contributed by atoms with Gasteiger partial charge in [0.1, 0.15) is 5.82 Å². The minimum Gasteiger partial charge on any atom is -0.405 e. The van der Waals surface area contributed by atoms with Gasteiger partial charge in [-0.2, -0.15) is 5.26 Å². The summed E-state index contributed by atoms with van der Waals surface area (Å²) in [6.45, 7) is 5.83. The van der Waals surface area contributed by atoms with Gasteiger partial charge >= 0.3 is 7.12 Å². The second-order valence-corrected chi connectivity index (χ2v) is 5.21. The first-order valence-corrected chi connectivity index (χ1v) is 5.94. The lowest BCUT2D eigenvalue weighted by Crippen LogP contribution is -2.52. The van der Waals surface area contributed by atoms with E-state index in [9.17, 15) is 4.39 Å². The summed E-state index contributed by atoms with van der Waals surface area (Å²) in [7, 11) is -0.753. The molecule has 1 atom stereocenters. The molecule has 0 saturated carbocycles. The number of nitrogens with zero attached hydrogens (tertiary/aromatic N) is 1. The average Bonchev–Trinajstić information content (AvgIpc) is 2.27. The lowest BCUT2D eigenvalue weighted by molar-refractivity contribution is -0.0232. The molecule has 18 heavy (non-hydrogen) atoms. The molecule has 5 heteroatoms. The third-order valence-corrected chi connectivity index (χ3v) is 2.94. The maximum atomic E-state index is 13.8. The molecule has 3 nitrogen and oxygen atoms in total. The van der Waals surface area contributed by atoms with Gasteiger partial charge in [0.15, 0.2) is 0 Å². The second kappa shape index (κ2) is 4.71. The van der Waals surface area contributed by atoms with Gasteiger partial charge in [0, 0.05) is 11.6 Å². The van der Waals surface area contributed by atoms with Crippen molar-refractivity contribution in [1.29, 1.82) is 5.26 Å². The first-order chi connectivity index (χ1) is 8.41. The Balaban J connectivity index is 2.33. The summed E-state index contributed by atoms with van der Waals surface area (Å²) < 4.78 is 25.2. The summed E-state index contributed by atoms with van der Waals surface area (Å²) in [6, 6.07) is 6.18. The Morgan fingerprint density at radius 1 is 1.50 bits per heavy atom. The van der Waals surface area contributed by atoms with Crippen molar-refractivity contribution in [3.63, 3.8) is 0 Å². The van der Waals surface area contributed by atoms with Crippen LogP contribution in [-0.4, -0.2) is 18.8 Å². The van der Waals surface area contributed by atoms with Crippen LogP contribution in [-0.2, 0) is 9.31 Å². The van der Waals surface area contributed by atoms with E-state index in [0.29, 0.717) is 5.56 Å². The summed E-state index contributed by atoms with van der Waals surface area (Å²) in [5.41, 5.74) is 0.320. The van der Waals surface area contributed by atoms with E-state index in [-0.39, 0.29) is 17.2 Å². The first kappa shape index (κ1) is 13.1. The summed E-state index contributed by atoms with van der Waals surface area (Å²) >= 11 is 0. The van der Waals surface area contributed by atoms with E-state index >= 15 is 0 Å². The zero-order valence-electron chi connectivity index (χ0n) is 10.7. The zero-order valence-corrected chi connectivity index (χ0v) is 10.7. The fourth-order valence-electron chi connectivity index (χ4n) is 2.25. The normalized spacial score (nSPS) is 22.6. The minimum absolute atomic E-state index is 0.0103. The van der Waals surface area contributed by atoms with Crippen LogP contribution < -0.4 is 5.46 Å². The van der Waals surface area contributed by atoms with Crippen LogP contribution >= 0.6 is 0 Å². The fourth-order valence-corrected chi connectivity index (χ4v) is 2.25. The Kier molecular flexibility index (Phi) is 3.42. The molecule has 1 heterocycles. The Morgan fingerprint density at radius 2 is 2.22 bits per heavy atom. The van der Waals surface area contributed by atoms with E-state index in [1.165, 1.54) is 18.2 Å². The highest BCUT2D eigenvalue weighted by atomic mass is 19.1. The molecule has 1 aromatic carbocycles. The summed E-state index contributed by atoms with van der Waals surface area (Å²) in [5.74, 6) is -0.413. The molecule has 0 N–H and O–H groups in total. The van der Waals surface area contributed by atoms with E-state index < -0.39 is 12.9 Å². The summed E-state index contributed by atoms with van der Waals surface area (Å²) in [6.07, 6.45) is 0.743. The summed E-state index contributed by atoms with van der Waals surface area (Å²) in [5, 5.41) is 8.85. The van der Waals surface area contributed by atoms with Gasteiger partial charge in [0.05, 0.1) is 17.2 Å². The highest BCUT2D eigenvalue weighted by molar-refractivity contribution is 6.61. The average molecular weight is 247 g/mol. The molecule has 1 aromatic rings. The van der Waals surface area contributed by atoms with E-state index in [1.54, 1.807) is 0 Å². The maximum absolute atomic E-state index is 13.8.